The van der Waals surface area contributed by atoms with Crippen LogP contribution in [0.2, 0.25) is 0 Å². The highest BCUT2D eigenvalue weighted by Gasteiger charge is 2.49. The van der Waals surface area contributed by atoms with Crippen LogP contribution in [0.25, 0.3) is 0 Å². The number of aromatic nitrogens is 2. The van der Waals surface area contributed by atoms with Crippen LogP contribution in [0.4, 0.5) is 0 Å². The van der Waals surface area contributed by atoms with Crippen molar-refractivity contribution in [3.8, 4) is 0 Å². The molecule has 0 radical (unpaired) electrons. The number of ether oxygens (including phenoxy) is 1. The van der Waals surface area contributed by atoms with E-state index >= 15 is 0 Å². The molecule has 5 atom stereocenters. The molecule has 1 amide bonds. The minimum atomic E-state index is -0.765. The van der Waals surface area contributed by atoms with Gasteiger partial charge in [-0.25, -0.2) is 15.8 Å². The summed E-state index contributed by atoms with van der Waals surface area (Å²) in [5.74, 6) is -0.284. The Kier molecular flexibility index (Phi) is 9.40. The lowest BCUT2D eigenvalue weighted by Gasteiger charge is -2.47. The Balaban J connectivity index is 1.54. The monoisotopic (exact) mass is 509 g/mol. The molecule has 3 fully saturated rings. The SMILES string of the molecule is CCOC(=O)C1NC(Cl)NCC1NC(=O)C1(C2CCCCCCCC2)CCC(n2ccnc2)NN1. The lowest BCUT2D eigenvalue weighted by molar-refractivity contribution is -0.147. The molecule has 5 N–H and O–H groups in total. The maximum absolute atomic E-state index is 14.1. The molecule has 0 bridgehead atoms. The molecule has 0 spiro atoms. The van der Waals surface area contributed by atoms with Crippen molar-refractivity contribution in [2.45, 2.75) is 101 Å². The minimum absolute atomic E-state index is 0.0251. The zero-order valence-electron chi connectivity index (χ0n) is 20.6. The van der Waals surface area contributed by atoms with Crippen molar-refractivity contribution in [1.82, 2.24) is 36.4 Å². The van der Waals surface area contributed by atoms with Crippen LogP contribution in [-0.4, -0.2) is 57.8 Å². The van der Waals surface area contributed by atoms with Gasteiger partial charge in [0.25, 0.3) is 0 Å². The highest BCUT2D eigenvalue weighted by atomic mass is 35.5. The van der Waals surface area contributed by atoms with Crippen molar-refractivity contribution >= 4 is 23.5 Å². The first kappa shape index (κ1) is 26.3. The van der Waals surface area contributed by atoms with Crippen molar-refractivity contribution in [3.05, 3.63) is 18.7 Å². The molecule has 35 heavy (non-hydrogen) atoms. The summed E-state index contributed by atoms with van der Waals surface area (Å²) in [6.07, 6.45) is 16.2. The molecule has 1 aromatic rings. The summed E-state index contributed by atoms with van der Waals surface area (Å²) in [4.78, 5) is 30.9. The van der Waals surface area contributed by atoms with E-state index in [0.717, 1.165) is 32.1 Å². The van der Waals surface area contributed by atoms with E-state index in [2.05, 4.69) is 31.8 Å². The van der Waals surface area contributed by atoms with Gasteiger partial charge in [0.15, 0.2) is 0 Å². The number of halogens is 1. The fourth-order valence-corrected chi connectivity index (χ4v) is 5.98. The van der Waals surface area contributed by atoms with Gasteiger partial charge in [-0.1, -0.05) is 50.1 Å². The van der Waals surface area contributed by atoms with Gasteiger partial charge in [0.05, 0.1) is 25.1 Å². The number of nitrogens with zero attached hydrogens (tertiary/aromatic N) is 2. The third-order valence-corrected chi connectivity index (χ3v) is 8.00. The van der Waals surface area contributed by atoms with Crippen molar-refractivity contribution in [2.24, 2.45) is 5.92 Å². The average molecular weight is 510 g/mol. The molecule has 3 heterocycles. The van der Waals surface area contributed by atoms with Crippen LogP contribution in [0.5, 0.6) is 0 Å². The average Bonchev–Trinajstić information content (AvgIpc) is 3.44. The van der Waals surface area contributed by atoms with E-state index in [4.69, 9.17) is 16.3 Å². The predicted molar refractivity (Wildman–Crippen MR) is 133 cm³/mol. The highest BCUT2D eigenvalue weighted by molar-refractivity contribution is 6.20. The van der Waals surface area contributed by atoms with Crippen molar-refractivity contribution in [1.29, 1.82) is 0 Å². The third kappa shape index (κ3) is 6.35. The Morgan fingerprint density at radius 2 is 1.91 bits per heavy atom. The number of hydrogen-bond donors (Lipinski definition) is 5. The molecule has 11 heteroatoms. The topological polar surface area (TPSA) is 121 Å². The normalized spacial score (nSPS) is 33.2. The molecule has 1 saturated carbocycles. The number of esters is 1. The van der Waals surface area contributed by atoms with E-state index in [1.807, 2.05) is 10.8 Å². The number of carbonyl (C=O) groups is 2. The van der Waals surface area contributed by atoms with Crippen LogP contribution in [0.15, 0.2) is 18.7 Å². The molecule has 1 aliphatic carbocycles. The lowest BCUT2D eigenvalue weighted by atomic mass is 9.73. The standard InChI is InChI=1S/C24H40ClN7O3/c1-2-35-21(33)20-18(15-27-23(25)29-20)28-22(34)24(17-9-7-5-3-4-6-8-10-17)12-11-19(30-31-24)32-14-13-26-16-32/h13-14,16-20,23,27,29-31H,2-12,15H2,1H3,(H,28,34). The molecular formula is C24H40ClN7O3. The second-order valence-corrected chi connectivity index (χ2v) is 10.4. The van der Waals surface area contributed by atoms with E-state index in [1.54, 1.807) is 19.4 Å². The van der Waals surface area contributed by atoms with Gasteiger partial charge in [-0.3, -0.25) is 20.2 Å². The second kappa shape index (κ2) is 12.5. The maximum atomic E-state index is 14.1. The number of hydrogen-bond acceptors (Lipinski definition) is 8. The molecule has 4 rings (SSSR count). The summed E-state index contributed by atoms with van der Waals surface area (Å²) in [7, 11) is 0. The third-order valence-electron chi connectivity index (χ3n) is 7.72. The van der Waals surface area contributed by atoms with E-state index < -0.39 is 29.2 Å². The number of alkyl halides is 1. The summed E-state index contributed by atoms with van der Waals surface area (Å²) >= 11 is 6.20. The van der Waals surface area contributed by atoms with E-state index in [9.17, 15) is 9.59 Å². The van der Waals surface area contributed by atoms with Gasteiger partial charge in [0.1, 0.15) is 17.2 Å². The lowest BCUT2D eigenvalue weighted by Crippen LogP contribution is -2.73. The Labute approximate surface area is 212 Å². The van der Waals surface area contributed by atoms with Crippen LogP contribution in [0, 0.1) is 5.92 Å². The van der Waals surface area contributed by atoms with Gasteiger partial charge in [-0.15, -0.1) is 0 Å². The quantitative estimate of drug-likeness (QED) is 0.224. The van der Waals surface area contributed by atoms with Crippen LogP contribution in [0.3, 0.4) is 0 Å². The largest absolute Gasteiger partial charge is 0.465 e. The van der Waals surface area contributed by atoms with E-state index in [0.29, 0.717) is 13.0 Å². The van der Waals surface area contributed by atoms with Crippen LogP contribution in [-0.2, 0) is 14.3 Å². The maximum Gasteiger partial charge on any atom is 0.325 e. The van der Waals surface area contributed by atoms with Crippen LogP contribution < -0.4 is 26.8 Å². The van der Waals surface area contributed by atoms with Crippen LogP contribution >= 0.6 is 11.6 Å². The summed E-state index contributed by atoms with van der Waals surface area (Å²) in [5, 5.41) is 9.31. The second-order valence-electron chi connectivity index (χ2n) is 9.95. The van der Waals surface area contributed by atoms with Gasteiger partial charge >= 0.3 is 5.97 Å². The van der Waals surface area contributed by atoms with E-state index in [1.165, 1.54) is 25.7 Å². The van der Waals surface area contributed by atoms with Gasteiger partial charge in [0.2, 0.25) is 5.91 Å². The Morgan fingerprint density at radius 1 is 1.17 bits per heavy atom. The fraction of sp³-hybridized carbons (Fsp3) is 0.792. The van der Waals surface area contributed by atoms with Gasteiger partial charge < -0.3 is 14.6 Å². The van der Waals surface area contributed by atoms with E-state index in [-0.39, 0.29) is 24.6 Å². The Hall–Kier alpha value is -1.72. The van der Waals surface area contributed by atoms with Crippen LogP contribution in [0.1, 0.15) is 77.3 Å². The predicted octanol–water partition coefficient (Wildman–Crippen LogP) is 1.89. The summed E-state index contributed by atoms with van der Waals surface area (Å²) in [6, 6.07) is -1.19. The van der Waals surface area contributed by atoms with Crippen molar-refractivity contribution in [3.63, 3.8) is 0 Å². The number of carbonyl (C=O) groups excluding carboxylic acids is 2. The summed E-state index contributed by atoms with van der Waals surface area (Å²) < 4.78 is 7.27. The van der Waals surface area contributed by atoms with Gasteiger partial charge in [-0.05, 0) is 38.5 Å². The molecule has 5 unspecified atom stereocenters. The molecule has 3 aliphatic rings. The number of rotatable bonds is 6. The molecule has 1 aromatic heterocycles. The summed E-state index contributed by atoms with van der Waals surface area (Å²) in [6.45, 7) is 2.42. The first-order chi connectivity index (χ1) is 17.0. The first-order valence-electron chi connectivity index (χ1n) is 13.1. The fourth-order valence-electron chi connectivity index (χ4n) is 5.75. The molecule has 196 valence electrons. The van der Waals surface area contributed by atoms with Gasteiger partial charge in [-0.2, -0.15) is 0 Å². The smallest absolute Gasteiger partial charge is 0.325 e. The number of hydrazine groups is 1. The Bertz CT molecular complexity index is 806. The molecule has 2 saturated heterocycles. The van der Waals surface area contributed by atoms with Crippen molar-refractivity contribution < 1.29 is 14.3 Å². The summed E-state index contributed by atoms with van der Waals surface area (Å²) in [5.41, 5.74) is 5.56. The number of imidazole rings is 1. The highest BCUT2D eigenvalue weighted by Crippen LogP contribution is 2.37. The molecular weight excluding hydrogens is 470 g/mol. The number of nitrogens with one attached hydrogen (secondary N) is 5. The minimum Gasteiger partial charge on any atom is -0.465 e. The molecule has 0 aromatic carbocycles. The first-order valence-corrected chi connectivity index (χ1v) is 13.6. The zero-order chi connectivity index (χ0) is 24.7. The molecule has 2 aliphatic heterocycles. The zero-order valence-corrected chi connectivity index (χ0v) is 21.4. The van der Waals surface area contributed by atoms with Crippen molar-refractivity contribution in [2.75, 3.05) is 13.2 Å². The molecule has 10 nitrogen and oxygen atoms in total. The Morgan fingerprint density at radius 3 is 2.54 bits per heavy atom. The number of amides is 1. The van der Waals surface area contributed by atoms with Gasteiger partial charge in [0, 0.05) is 18.9 Å².